The SMILES string of the molecule is CN=C(NCCc1nc(C(C)C)no1)N1CCC(CN2CCCC2)C1. The molecule has 1 unspecified atom stereocenters. The average Bonchev–Trinajstić information content (AvgIpc) is 3.34. The summed E-state index contributed by atoms with van der Waals surface area (Å²) in [6.07, 6.45) is 4.73. The molecule has 1 N–H and O–H groups in total. The van der Waals surface area contributed by atoms with Gasteiger partial charge in [-0.3, -0.25) is 4.99 Å². The highest BCUT2D eigenvalue weighted by molar-refractivity contribution is 5.80. The van der Waals surface area contributed by atoms with E-state index in [-0.39, 0.29) is 0 Å². The molecule has 1 aromatic heterocycles. The number of aliphatic imine (C=N–C) groups is 1. The van der Waals surface area contributed by atoms with Gasteiger partial charge < -0.3 is 19.6 Å². The van der Waals surface area contributed by atoms with Crippen LogP contribution in [0.25, 0.3) is 0 Å². The first-order valence-electron chi connectivity index (χ1n) is 9.66. The first kappa shape index (κ1) is 18.2. The van der Waals surface area contributed by atoms with E-state index in [1.165, 1.54) is 38.9 Å². The van der Waals surface area contributed by atoms with Crippen LogP contribution in [0.15, 0.2) is 9.52 Å². The summed E-state index contributed by atoms with van der Waals surface area (Å²) in [6.45, 7) is 10.9. The maximum absolute atomic E-state index is 5.30. The van der Waals surface area contributed by atoms with Gasteiger partial charge in [0.05, 0.1) is 0 Å². The largest absolute Gasteiger partial charge is 0.356 e. The molecule has 2 aliphatic rings. The van der Waals surface area contributed by atoms with E-state index in [2.05, 4.69) is 44.1 Å². The Balaban J connectivity index is 1.41. The fourth-order valence-electron chi connectivity index (χ4n) is 3.72. The van der Waals surface area contributed by atoms with E-state index in [0.29, 0.717) is 11.8 Å². The summed E-state index contributed by atoms with van der Waals surface area (Å²) in [5.41, 5.74) is 0. The molecule has 2 fully saturated rings. The Hall–Kier alpha value is -1.63. The number of likely N-dealkylation sites (tertiary alicyclic amines) is 2. The molecular formula is C18H32N6O. The lowest BCUT2D eigenvalue weighted by Crippen LogP contribution is -2.41. The van der Waals surface area contributed by atoms with E-state index in [1.54, 1.807) is 0 Å². The van der Waals surface area contributed by atoms with Gasteiger partial charge in [0.15, 0.2) is 11.8 Å². The second-order valence-electron chi connectivity index (χ2n) is 7.53. The first-order valence-corrected chi connectivity index (χ1v) is 9.66. The Bertz CT molecular complexity index is 564. The van der Waals surface area contributed by atoms with Gasteiger partial charge in [-0.15, -0.1) is 0 Å². The minimum Gasteiger partial charge on any atom is -0.356 e. The number of hydrogen-bond donors (Lipinski definition) is 1. The molecule has 0 aromatic carbocycles. The molecule has 25 heavy (non-hydrogen) atoms. The van der Waals surface area contributed by atoms with Crippen molar-refractivity contribution in [2.24, 2.45) is 10.9 Å². The zero-order valence-electron chi connectivity index (χ0n) is 15.9. The molecule has 0 bridgehead atoms. The van der Waals surface area contributed by atoms with Crippen molar-refractivity contribution in [2.75, 3.05) is 46.3 Å². The van der Waals surface area contributed by atoms with Crippen LogP contribution in [0.3, 0.4) is 0 Å². The van der Waals surface area contributed by atoms with Crippen molar-refractivity contribution in [1.29, 1.82) is 0 Å². The normalized spacial score (nSPS) is 22.3. The van der Waals surface area contributed by atoms with Gasteiger partial charge in [-0.1, -0.05) is 19.0 Å². The summed E-state index contributed by atoms with van der Waals surface area (Å²) in [4.78, 5) is 13.9. The Morgan fingerprint density at radius 2 is 2.12 bits per heavy atom. The van der Waals surface area contributed by atoms with Gasteiger partial charge in [-0.2, -0.15) is 4.98 Å². The van der Waals surface area contributed by atoms with Crippen LogP contribution >= 0.6 is 0 Å². The molecule has 2 saturated heterocycles. The zero-order chi connectivity index (χ0) is 17.6. The van der Waals surface area contributed by atoms with Crippen LogP contribution in [0.1, 0.15) is 50.7 Å². The molecule has 140 valence electrons. The number of aromatic nitrogens is 2. The summed E-state index contributed by atoms with van der Waals surface area (Å²) in [5, 5.41) is 7.46. The van der Waals surface area contributed by atoms with Crippen molar-refractivity contribution in [3.63, 3.8) is 0 Å². The lowest BCUT2D eigenvalue weighted by molar-refractivity contribution is 0.281. The predicted octanol–water partition coefficient (Wildman–Crippen LogP) is 1.73. The highest BCUT2D eigenvalue weighted by Gasteiger charge is 2.27. The molecular weight excluding hydrogens is 316 g/mol. The molecule has 3 rings (SSSR count). The van der Waals surface area contributed by atoms with Crippen molar-refractivity contribution < 1.29 is 4.52 Å². The molecule has 2 aliphatic heterocycles. The van der Waals surface area contributed by atoms with Crippen LogP contribution in [0.5, 0.6) is 0 Å². The Morgan fingerprint density at radius 1 is 1.32 bits per heavy atom. The topological polar surface area (TPSA) is 69.8 Å². The van der Waals surface area contributed by atoms with E-state index in [1.807, 2.05) is 7.05 Å². The second-order valence-corrected chi connectivity index (χ2v) is 7.53. The van der Waals surface area contributed by atoms with Gasteiger partial charge in [0.2, 0.25) is 5.89 Å². The van der Waals surface area contributed by atoms with Crippen LogP contribution < -0.4 is 5.32 Å². The number of rotatable bonds is 6. The summed E-state index contributed by atoms with van der Waals surface area (Å²) < 4.78 is 5.30. The lowest BCUT2D eigenvalue weighted by atomic mass is 10.1. The number of nitrogens with zero attached hydrogens (tertiary/aromatic N) is 5. The number of hydrogen-bond acceptors (Lipinski definition) is 5. The molecule has 0 amide bonds. The third-order valence-corrected chi connectivity index (χ3v) is 5.13. The Labute approximate surface area is 150 Å². The quantitative estimate of drug-likeness (QED) is 0.624. The van der Waals surface area contributed by atoms with Crippen LogP contribution in [-0.4, -0.2) is 72.2 Å². The van der Waals surface area contributed by atoms with Crippen molar-refractivity contribution >= 4 is 5.96 Å². The molecule has 1 atom stereocenters. The van der Waals surface area contributed by atoms with Crippen LogP contribution in [-0.2, 0) is 6.42 Å². The van der Waals surface area contributed by atoms with Crippen molar-refractivity contribution in [2.45, 2.75) is 45.4 Å². The standard InChI is InChI=1S/C18H32N6O/c1-14(2)17-21-16(25-22-17)6-8-20-18(19-3)24-11-7-15(13-24)12-23-9-4-5-10-23/h14-15H,4-13H2,1-3H3,(H,19,20). The van der Waals surface area contributed by atoms with Gasteiger partial charge in [-0.05, 0) is 38.3 Å². The lowest BCUT2D eigenvalue weighted by Gasteiger charge is -2.23. The fourth-order valence-corrected chi connectivity index (χ4v) is 3.72. The zero-order valence-corrected chi connectivity index (χ0v) is 15.9. The van der Waals surface area contributed by atoms with Gasteiger partial charge >= 0.3 is 0 Å². The third kappa shape index (κ3) is 4.93. The van der Waals surface area contributed by atoms with Gasteiger partial charge in [0.25, 0.3) is 0 Å². The van der Waals surface area contributed by atoms with Crippen molar-refractivity contribution in [3.8, 4) is 0 Å². The maximum atomic E-state index is 5.30. The van der Waals surface area contributed by atoms with E-state index in [0.717, 1.165) is 43.8 Å². The highest BCUT2D eigenvalue weighted by atomic mass is 16.5. The molecule has 0 radical (unpaired) electrons. The van der Waals surface area contributed by atoms with E-state index >= 15 is 0 Å². The van der Waals surface area contributed by atoms with Crippen LogP contribution in [0.4, 0.5) is 0 Å². The smallest absolute Gasteiger partial charge is 0.228 e. The van der Waals surface area contributed by atoms with Crippen molar-refractivity contribution in [1.82, 2.24) is 25.3 Å². The predicted molar refractivity (Wildman–Crippen MR) is 98.8 cm³/mol. The summed E-state index contributed by atoms with van der Waals surface area (Å²) >= 11 is 0. The minimum atomic E-state index is 0.301. The average molecular weight is 348 g/mol. The second kappa shape index (κ2) is 8.65. The minimum absolute atomic E-state index is 0.301. The highest BCUT2D eigenvalue weighted by Crippen LogP contribution is 2.20. The van der Waals surface area contributed by atoms with Crippen molar-refractivity contribution in [3.05, 3.63) is 11.7 Å². The first-order chi connectivity index (χ1) is 12.2. The fraction of sp³-hybridized carbons (Fsp3) is 0.833. The Morgan fingerprint density at radius 3 is 2.80 bits per heavy atom. The molecule has 1 aromatic rings. The number of guanidine groups is 1. The van der Waals surface area contributed by atoms with Crippen LogP contribution in [0, 0.1) is 5.92 Å². The maximum Gasteiger partial charge on any atom is 0.228 e. The molecule has 0 aliphatic carbocycles. The molecule has 0 spiro atoms. The van der Waals surface area contributed by atoms with Crippen LogP contribution in [0.2, 0.25) is 0 Å². The monoisotopic (exact) mass is 348 g/mol. The van der Waals surface area contributed by atoms with E-state index < -0.39 is 0 Å². The van der Waals surface area contributed by atoms with E-state index in [4.69, 9.17) is 4.52 Å². The number of nitrogens with one attached hydrogen (secondary N) is 1. The van der Waals surface area contributed by atoms with E-state index in [9.17, 15) is 0 Å². The molecule has 7 nitrogen and oxygen atoms in total. The Kier molecular flexibility index (Phi) is 6.29. The summed E-state index contributed by atoms with van der Waals surface area (Å²) in [7, 11) is 1.86. The summed E-state index contributed by atoms with van der Waals surface area (Å²) in [6, 6.07) is 0. The summed E-state index contributed by atoms with van der Waals surface area (Å²) in [5.74, 6) is 3.53. The molecule has 7 heteroatoms. The third-order valence-electron chi connectivity index (χ3n) is 5.13. The molecule has 0 saturated carbocycles. The van der Waals surface area contributed by atoms with Gasteiger partial charge in [0, 0.05) is 45.6 Å². The van der Waals surface area contributed by atoms with Gasteiger partial charge in [-0.25, -0.2) is 0 Å². The van der Waals surface area contributed by atoms with Gasteiger partial charge in [0.1, 0.15) is 0 Å². The molecule has 3 heterocycles.